The average molecular weight is 720 g/mol. The number of benzene rings is 8. The molecule has 8 aromatic carbocycles. The van der Waals surface area contributed by atoms with Crippen LogP contribution in [0.25, 0.3) is 98.8 Å². The van der Waals surface area contributed by atoms with Gasteiger partial charge in [0.15, 0.2) is 17.5 Å². The van der Waals surface area contributed by atoms with Crippen molar-refractivity contribution in [3.05, 3.63) is 200 Å². The van der Waals surface area contributed by atoms with Crippen LogP contribution in [-0.2, 0) is 0 Å². The van der Waals surface area contributed by atoms with Crippen LogP contribution in [0.3, 0.4) is 0 Å². The summed E-state index contributed by atoms with van der Waals surface area (Å²) in [4.78, 5) is 15.2. The Morgan fingerprint density at radius 3 is 1.33 bits per heavy atom. The zero-order valence-electron chi connectivity index (χ0n) is 29.8. The maximum atomic E-state index is 5.10. The molecule has 0 unspecified atom stereocenters. The minimum Gasteiger partial charge on any atom is -0.208 e. The quantitative estimate of drug-likeness (QED) is 0.165. The van der Waals surface area contributed by atoms with Crippen molar-refractivity contribution in [2.45, 2.75) is 0 Å². The molecule has 4 heteroatoms. The molecule has 10 aromatic rings. The van der Waals surface area contributed by atoms with E-state index in [1.807, 2.05) is 47.7 Å². The lowest BCUT2D eigenvalue weighted by Crippen LogP contribution is -2.00. The smallest absolute Gasteiger partial charge is 0.164 e. The van der Waals surface area contributed by atoms with Crippen LogP contribution in [0, 0.1) is 0 Å². The Balaban J connectivity index is 1.12. The van der Waals surface area contributed by atoms with Crippen LogP contribution in [0.2, 0.25) is 0 Å². The Hall–Kier alpha value is -7.01. The Morgan fingerprint density at radius 1 is 0.273 bits per heavy atom. The molecule has 0 saturated carbocycles. The molecule has 3 nitrogen and oxygen atoms in total. The first-order valence-electron chi connectivity index (χ1n) is 18.4. The first-order chi connectivity index (χ1) is 27.3. The molecule has 2 heterocycles. The van der Waals surface area contributed by atoms with Crippen molar-refractivity contribution in [2.75, 3.05) is 0 Å². The van der Waals surface area contributed by atoms with Crippen molar-refractivity contribution in [1.29, 1.82) is 0 Å². The largest absolute Gasteiger partial charge is 0.208 e. The van der Waals surface area contributed by atoms with E-state index in [2.05, 4.69) is 164 Å². The number of fused-ring (bicyclic) bond motifs is 3. The van der Waals surface area contributed by atoms with E-state index in [9.17, 15) is 0 Å². The van der Waals surface area contributed by atoms with Crippen molar-refractivity contribution in [3.8, 4) is 78.7 Å². The van der Waals surface area contributed by atoms with Crippen molar-refractivity contribution in [3.63, 3.8) is 0 Å². The molecular formula is C51H33N3S. The van der Waals surface area contributed by atoms with E-state index < -0.39 is 0 Å². The maximum Gasteiger partial charge on any atom is 0.164 e. The second-order valence-corrected chi connectivity index (χ2v) is 14.6. The molecule has 0 saturated heterocycles. The molecule has 258 valence electrons. The van der Waals surface area contributed by atoms with Gasteiger partial charge in [-0.05, 0) is 50.6 Å². The minimum atomic E-state index is 0.638. The average Bonchev–Trinajstić information content (AvgIpc) is 3.67. The molecule has 10 rings (SSSR count). The zero-order chi connectivity index (χ0) is 36.6. The van der Waals surface area contributed by atoms with Gasteiger partial charge in [-0.3, -0.25) is 0 Å². The highest BCUT2D eigenvalue weighted by Gasteiger charge is 2.19. The summed E-state index contributed by atoms with van der Waals surface area (Å²) in [6.07, 6.45) is 0. The fourth-order valence-electron chi connectivity index (χ4n) is 7.45. The van der Waals surface area contributed by atoms with Crippen molar-refractivity contribution in [2.24, 2.45) is 0 Å². The van der Waals surface area contributed by atoms with Crippen LogP contribution < -0.4 is 0 Å². The molecule has 0 atom stereocenters. The highest BCUT2D eigenvalue weighted by atomic mass is 32.1. The summed E-state index contributed by atoms with van der Waals surface area (Å²) < 4.78 is 2.55. The lowest BCUT2D eigenvalue weighted by atomic mass is 9.94. The van der Waals surface area contributed by atoms with Gasteiger partial charge in [0.2, 0.25) is 0 Å². The lowest BCUT2D eigenvalue weighted by molar-refractivity contribution is 1.07. The topological polar surface area (TPSA) is 38.7 Å². The number of thiophene rings is 1. The van der Waals surface area contributed by atoms with Gasteiger partial charge in [0.1, 0.15) is 0 Å². The Morgan fingerprint density at radius 2 is 0.691 bits per heavy atom. The third-order valence-electron chi connectivity index (χ3n) is 10.2. The minimum absolute atomic E-state index is 0.638. The van der Waals surface area contributed by atoms with Gasteiger partial charge in [-0.15, -0.1) is 11.3 Å². The summed E-state index contributed by atoms with van der Waals surface area (Å²) in [5.41, 5.74) is 12.4. The molecule has 0 amide bonds. The molecular weight excluding hydrogens is 687 g/mol. The second kappa shape index (κ2) is 14.1. The molecule has 0 spiro atoms. The lowest BCUT2D eigenvalue weighted by Gasteiger charge is -2.11. The fourth-order valence-corrected chi connectivity index (χ4v) is 8.85. The van der Waals surface area contributed by atoms with Gasteiger partial charge in [0, 0.05) is 36.9 Å². The highest BCUT2D eigenvalue weighted by Crippen LogP contribution is 2.47. The van der Waals surface area contributed by atoms with Crippen LogP contribution in [0.1, 0.15) is 0 Å². The summed E-state index contributed by atoms with van der Waals surface area (Å²) >= 11 is 1.87. The van der Waals surface area contributed by atoms with Gasteiger partial charge in [-0.2, -0.15) is 0 Å². The molecule has 0 aliphatic rings. The van der Waals surface area contributed by atoms with Gasteiger partial charge >= 0.3 is 0 Å². The van der Waals surface area contributed by atoms with Gasteiger partial charge in [-0.1, -0.05) is 194 Å². The van der Waals surface area contributed by atoms with E-state index in [4.69, 9.17) is 15.0 Å². The molecule has 0 fully saturated rings. The molecule has 2 aromatic heterocycles. The molecule has 0 bridgehead atoms. The molecule has 0 N–H and O–H groups in total. The fraction of sp³-hybridized carbons (Fsp3) is 0. The second-order valence-electron chi connectivity index (χ2n) is 13.6. The monoisotopic (exact) mass is 719 g/mol. The van der Waals surface area contributed by atoms with Crippen molar-refractivity contribution >= 4 is 31.5 Å². The Bertz CT molecular complexity index is 2940. The van der Waals surface area contributed by atoms with E-state index in [-0.39, 0.29) is 0 Å². The molecule has 55 heavy (non-hydrogen) atoms. The highest BCUT2D eigenvalue weighted by molar-refractivity contribution is 7.27. The summed E-state index contributed by atoms with van der Waals surface area (Å²) in [6, 6.07) is 70.4. The first kappa shape index (κ1) is 32.6. The van der Waals surface area contributed by atoms with E-state index >= 15 is 0 Å². The van der Waals surface area contributed by atoms with E-state index in [1.54, 1.807) is 0 Å². The van der Waals surface area contributed by atoms with Crippen LogP contribution in [0.15, 0.2) is 200 Å². The predicted molar refractivity (Wildman–Crippen MR) is 231 cm³/mol. The Kier molecular flexibility index (Phi) is 8.36. The van der Waals surface area contributed by atoms with Crippen molar-refractivity contribution in [1.82, 2.24) is 15.0 Å². The Labute approximate surface area is 323 Å². The number of aromatic nitrogens is 3. The summed E-state index contributed by atoms with van der Waals surface area (Å²) in [5, 5.41) is 2.55. The van der Waals surface area contributed by atoms with E-state index in [0.717, 1.165) is 27.8 Å². The third kappa shape index (κ3) is 6.19. The normalized spacial score (nSPS) is 11.3. The summed E-state index contributed by atoms with van der Waals surface area (Å²) in [6.45, 7) is 0. The van der Waals surface area contributed by atoms with Crippen LogP contribution in [0.4, 0.5) is 0 Å². The summed E-state index contributed by atoms with van der Waals surface area (Å²) in [7, 11) is 0. The van der Waals surface area contributed by atoms with Crippen LogP contribution >= 0.6 is 11.3 Å². The number of rotatable bonds is 7. The van der Waals surface area contributed by atoms with E-state index in [1.165, 1.54) is 53.6 Å². The molecule has 0 aliphatic heterocycles. The summed E-state index contributed by atoms with van der Waals surface area (Å²) in [5.74, 6) is 1.92. The number of hydrogen-bond acceptors (Lipinski definition) is 4. The maximum absolute atomic E-state index is 5.10. The number of nitrogens with zero attached hydrogens (tertiary/aromatic N) is 3. The van der Waals surface area contributed by atoms with Crippen LogP contribution in [-0.4, -0.2) is 15.0 Å². The first-order valence-corrected chi connectivity index (χ1v) is 19.3. The molecule has 0 radical (unpaired) electrons. The van der Waals surface area contributed by atoms with E-state index in [0.29, 0.717) is 17.5 Å². The zero-order valence-corrected chi connectivity index (χ0v) is 30.6. The van der Waals surface area contributed by atoms with Gasteiger partial charge in [0.25, 0.3) is 0 Å². The van der Waals surface area contributed by atoms with Crippen molar-refractivity contribution < 1.29 is 0 Å². The third-order valence-corrected chi connectivity index (χ3v) is 11.4. The van der Waals surface area contributed by atoms with Gasteiger partial charge in [0.05, 0.1) is 0 Å². The molecule has 0 aliphatic carbocycles. The number of hydrogen-bond donors (Lipinski definition) is 0. The van der Waals surface area contributed by atoms with Crippen LogP contribution in [0.5, 0.6) is 0 Å². The SMILES string of the molecule is c1ccc(-c2ccc(-c3nc(-c4ccccc4)nc(-c4cccc(-c5cccc6c5sc5c(-c7ccccc7)ccc(-c7ccccc7)c56)c4)n3)cc2)cc1. The van der Waals surface area contributed by atoms with Gasteiger partial charge in [-0.25, -0.2) is 15.0 Å². The van der Waals surface area contributed by atoms with Gasteiger partial charge < -0.3 is 0 Å². The standard InChI is InChI=1S/C51H33N3S/c1-5-15-34(16-6-1)35-27-29-39(30-28-35)50-52-49(38-21-11-4-12-22-38)53-51(54-50)41-24-13-23-40(33-41)43-25-14-26-45-46-42(36-17-7-2-8-18-36)31-32-44(48(46)55-47(43)45)37-19-9-3-10-20-37/h1-33H. The predicted octanol–water partition coefficient (Wildman–Crippen LogP) is 13.9.